The lowest BCUT2D eigenvalue weighted by Gasteiger charge is -2.18. The van der Waals surface area contributed by atoms with Gasteiger partial charge in [-0.25, -0.2) is 4.98 Å². The lowest BCUT2D eigenvalue weighted by molar-refractivity contribution is -0.137. The Balaban J connectivity index is 1.71. The van der Waals surface area contributed by atoms with Crippen molar-refractivity contribution in [3.63, 3.8) is 0 Å². The Morgan fingerprint density at radius 2 is 2.21 bits per heavy atom. The number of carboxylic acid groups (broad SMARTS) is 1. The fourth-order valence-corrected chi connectivity index (χ4v) is 2.23. The summed E-state index contributed by atoms with van der Waals surface area (Å²) >= 11 is 0. The minimum absolute atomic E-state index is 0.163. The summed E-state index contributed by atoms with van der Waals surface area (Å²) < 4.78 is 5.68. The zero-order chi connectivity index (χ0) is 13.2. The van der Waals surface area contributed by atoms with Gasteiger partial charge in [0.15, 0.2) is 5.58 Å². The van der Waals surface area contributed by atoms with Gasteiger partial charge < -0.3 is 9.52 Å². The van der Waals surface area contributed by atoms with Crippen molar-refractivity contribution < 1.29 is 14.3 Å². The van der Waals surface area contributed by atoms with E-state index in [1.54, 1.807) is 0 Å². The second-order valence-electron chi connectivity index (χ2n) is 4.92. The Kier molecular flexibility index (Phi) is 3.21. The molecule has 1 saturated carbocycles. The lowest BCUT2D eigenvalue weighted by atomic mass is 10.3. The third kappa shape index (κ3) is 2.93. The van der Waals surface area contributed by atoms with Crippen LogP contribution in [-0.4, -0.2) is 33.5 Å². The van der Waals surface area contributed by atoms with Crippen LogP contribution in [0.3, 0.4) is 0 Å². The first-order valence-electron chi connectivity index (χ1n) is 6.52. The Morgan fingerprint density at radius 1 is 1.42 bits per heavy atom. The molecule has 1 aromatic heterocycles. The van der Waals surface area contributed by atoms with Crippen LogP contribution < -0.4 is 0 Å². The van der Waals surface area contributed by atoms with Gasteiger partial charge in [0.05, 0.1) is 13.0 Å². The number of oxazole rings is 1. The number of nitrogens with zero attached hydrogens (tertiary/aromatic N) is 2. The molecule has 1 fully saturated rings. The molecule has 0 unspecified atom stereocenters. The number of hydrogen-bond donors (Lipinski definition) is 1. The maximum Gasteiger partial charge on any atom is 0.304 e. The van der Waals surface area contributed by atoms with E-state index in [1.165, 1.54) is 0 Å². The first kappa shape index (κ1) is 12.2. The molecule has 1 aliphatic rings. The second kappa shape index (κ2) is 5.01. The van der Waals surface area contributed by atoms with E-state index in [2.05, 4.69) is 9.88 Å². The van der Waals surface area contributed by atoms with Crippen molar-refractivity contribution in [2.75, 3.05) is 6.54 Å². The maximum absolute atomic E-state index is 10.7. The van der Waals surface area contributed by atoms with Gasteiger partial charge in [0, 0.05) is 12.6 Å². The third-order valence-corrected chi connectivity index (χ3v) is 3.35. The molecule has 1 aliphatic carbocycles. The molecule has 0 amide bonds. The number of fused-ring (bicyclic) bond motifs is 1. The number of aliphatic carboxylic acids is 1. The fraction of sp³-hybridized carbons (Fsp3) is 0.429. The van der Waals surface area contributed by atoms with Crippen LogP contribution in [-0.2, 0) is 11.3 Å². The molecule has 2 aromatic rings. The first-order valence-corrected chi connectivity index (χ1v) is 6.52. The second-order valence-corrected chi connectivity index (χ2v) is 4.92. The van der Waals surface area contributed by atoms with Crippen LogP contribution in [0.5, 0.6) is 0 Å². The summed E-state index contributed by atoms with van der Waals surface area (Å²) in [5, 5.41) is 8.78. The molecule has 5 heteroatoms. The van der Waals surface area contributed by atoms with E-state index in [-0.39, 0.29) is 6.42 Å². The van der Waals surface area contributed by atoms with Gasteiger partial charge in [0.2, 0.25) is 5.89 Å². The Morgan fingerprint density at radius 3 is 2.89 bits per heavy atom. The Labute approximate surface area is 110 Å². The number of carbonyl (C=O) groups is 1. The summed E-state index contributed by atoms with van der Waals surface area (Å²) in [7, 11) is 0. The highest BCUT2D eigenvalue weighted by molar-refractivity contribution is 5.72. The van der Waals surface area contributed by atoms with Crippen LogP contribution in [0.2, 0.25) is 0 Å². The monoisotopic (exact) mass is 260 g/mol. The lowest BCUT2D eigenvalue weighted by Crippen LogP contribution is -2.28. The number of rotatable bonds is 6. The molecule has 1 aromatic carbocycles. The van der Waals surface area contributed by atoms with Gasteiger partial charge in [-0.3, -0.25) is 9.69 Å². The minimum atomic E-state index is -0.761. The van der Waals surface area contributed by atoms with Gasteiger partial charge in [0.1, 0.15) is 5.52 Å². The number of benzene rings is 1. The van der Waals surface area contributed by atoms with E-state index in [0.717, 1.165) is 23.9 Å². The van der Waals surface area contributed by atoms with Crippen molar-refractivity contribution in [3.05, 3.63) is 30.2 Å². The van der Waals surface area contributed by atoms with Crippen molar-refractivity contribution in [3.8, 4) is 0 Å². The topological polar surface area (TPSA) is 66.6 Å². The summed E-state index contributed by atoms with van der Waals surface area (Å²) in [6.45, 7) is 1.14. The third-order valence-electron chi connectivity index (χ3n) is 3.35. The average molecular weight is 260 g/mol. The van der Waals surface area contributed by atoms with E-state index in [0.29, 0.717) is 25.0 Å². The highest BCUT2D eigenvalue weighted by atomic mass is 16.4. The predicted molar refractivity (Wildman–Crippen MR) is 69.7 cm³/mol. The normalized spacial score (nSPS) is 15.2. The smallest absolute Gasteiger partial charge is 0.304 e. The van der Waals surface area contributed by atoms with E-state index >= 15 is 0 Å². The molecule has 0 radical (unpaired) electrons. The Hall–Kier alpha value is -1.88. The van der Waals surface area contributed by atoms with Crippen LogP contribution in [0, 0.1) is 0 Å². The number of aromatic nitrogens is 1. The molecule has 0 saturated heterocycles. The van der Waals surface area contributed by atoms with Crippen molar-refractivity contribution in [1.82, 2.24) is 9.88 Å². The highest BCUT2D eigenvalue weighted by Crippen LogP contribution is 2.28. The zero-order valence-electron chi connectivity index (χ0n) is 10.6. The molecule has 0 bridgehead atoms. The van der Waals surface area contributed by atoms with Crippen molar-refractivity contribution in [2.45, 2.75) is 31.8 Å². The van der Waals surface area contributed by atoms with Crippen molar-refractivity contribution in [2.24, 2.45) is 0 Å². The predicted octanol–water partition coefficient (Wildman–Crippen LogP) is 2.27. The molecule has 100 valence electrons. The van der Waals surface area contributed by atoms with E-state index in [9.17, 15) is 4.79 Å². The molecule has 0 aliphatic heterocycles. The summed E-state index contributed by atoms with van der Waals surface area (Å²) in [5.74, 6) is -0.0956. The molecule has 5 nitrogen and oxygen atoms in total. The number of carboxylic acids is 1. The van der Waals surface area contributed by atoms with Crippen LogP contribution in [0.4, 0.5) is 0 Å². The molecule has 19 heavy (non-hydrogen) atoms. The van der Waals surface area contributed by atoms with Crippen molar-refractivity contribution in [1.29, 1.82) is 0 Å². The van der Waals surface area contributed by atoms with Gasteiger partial charge in [-0.2, -0.15) is 0 Å². The standard InChI is InChI=1S/C14H16N2O3/c17-14(18)7-8-16(10-5-6-10)9-13-15-11-3-1-2-4-12(11)19-13/h1-4,10H,5-9H2,(H,17,18). The van der Waals surface area contributed by atoms with E-state index < -0.39 is 5.97 Å². The van der Waals surface area contributed by atoms with E-state index in [4.69, 9.17) is 9.52 Å². The van der Waals surface area contributed by atoms with Crippen LogP contribution in [0.1, 0.15) is 25.2 Å². The van der Waals surface area contributed by atoms with Crippen LogP contribution in [0.15, 0.2) is 28.7 Å². The number of hydrogen-bond acceptors (Lipinski definition) is 4. The summed E-state index contributed by atoms with van der Waals surface area (Å²) in [6, 6.07) is 8.15. The van der Waals surface area contributed by atoms with Gasteiger partial charge in [-0.1, -0.05) is 12.1 Å². The molecule has 3 rings (SSSR count). The maximum atomic E-state index is 10.7. The average Bonchev–Trinajstić information content (AvgIpc) is 3.14. The quantitative estimate of drug-likeness (QED) is 0.863. The first-order chi connectivity index (χ1) is 9.22. The summed E-state index contributed by atoms with van der Waals surface area (Å²) in [4.78, 5) is 17.3. The van der Waals surface area contributed by atoms with Gasteiger partial charge in [-0.05, 0) is 25.0 Å². The highest BCUT2D eigenvalue weighted by Gasteiger charge is 2.30. The van der Waals surface area contributed by atoms with Gasteiger partial charge >= 0.3 is 5.97 Å². The molecular formula is C14H16N2O3. The van der Waals surface area contributed by atoms with Gasteiger partial charge in [0.25, 0.3) is 0 Å². The molecule has 0 atom stereocenters. The SMILES string of the molecule is O=C(O)CCN(Cc1nc2ccccc2o1)C1CC1. The number of para-hydroxylation sites is 2. The Bertz CT molecular complexity index is 556. The van der Waals surface area contributed by atoms with Gasteiger partial charge in [-0.15, -0.1) is 0 Å². The molecule has 1 heterocycles. The molecule has 0 spiro atoms. The van der Waals surface area contributed by atoms with Crippen LogP contribution in [0.25, 0.3) is 11.1 Å². The largest absolute Gasteiger partial charge is 0.481 e. The summed E-state index contributed by atoms with van der Waals surface area (Å²) in [6.07, 6.45) is 2.44. The molecular weight excluding hydrogens is 244 g/mol. The van der Waals surface area contributed by atoms with Crippen molar-refractivity contribution >= 4 is 17.1 Å². The fourth-order valence-electron chi connectivity index (χ4n) is 2.23. The zero-order valence-corrected chi connectivity index (χ0v) is 10.6. The minimum Gasteiger partial charge on any atom is -0.481 e. The summed E-state index contributed by atoms with van der Waals surface area (Å²) in [5.41, 5.74) is 1.64. The van der Waals surface area contributed by atoms with Crippen LogP contribution >= 0.6 is 0 Å². The molecule has 1 N–H and O–H groups in total. The van der Waals surface area contributed by atoms with E-state index in [1.807, 2.05) is 24.3 Å².